The van der Waals surface area contributed by atoms with Crippen molar-refractivity contribution in [1.29, 1.82) is 0 Å². The summed E-state index contributed by atoms with van der Waals surface area (Å²) in [6.07, 6.45) is 0. The molecule has 0 aliphatic rings. The molecule has 23 heavy (non-hydrogen) atoms. The molecule has 0 aliphatic heterocycles. The predicted octanol–water partition coefficient (Wildman–Crippen LogP) is 3.34. The standard InChI is InChI=1S/C18H21N5/c1-18(2,3)19-16(13-8-5-4-6-9-13)14-10-7-11-15(12-14)17-20-22-23-21-17/h4-12,16,19H,1-3H3,(H,20,21,22,23). The average Bonchev–Trinajstić information content (AvgIpc) is 3.07. The minimum absolute atomic E-state index is 0.0113. The summed E-state index contributed by atoms with van der Waals surface area (Å²) in [6, 6.07) is 18.8. The number of hydrogen-bond acceptors (Lipinski definition) is 4. The lowest BCUT2D eigenvalue weighted by Gasteiger charge is -2.29. The molecule has 1 atom stereocenters. The monoisotopic (exact) mass is 307 g/mol. The molecule has 0 saturated heterocycles. The molecule has 0 saturated carbocycles. The van der Waals surface area contributed by atoms with Crippen molar-refractivity contribution < 1.29 is 0 Å². The normalized spacial score (nSPS) is 13.0. The maximum Gasteiger partial charge on any atom is 0.204 e. The van der Waals surface area contributed by atoms with Gasteiger partial charge in [-0.2, -0.15) is 5.21 Å². The van der Waals surface area contributed by atoms with E-state index in [2.05, 4.69) is 83.1 Å². The van der Waals surface area contributed by atoms with Crippen LogP contribution in [0.5, 0.6) is 0 Å². The number of nitrogens with one attached hydrogen (secondary N) is 2. The van der Waals surface area contributed by atoms with Gasteiger partial charge in [-0.15, -0.1) is 10.2 Å². The third-order valence-corrected chi connectivity index (χ3v) is 3.53. The average molecular weight is 307 g/mol. The molecule has 0 spiro atoms. The SMILES string of the molecule is CC(C)(C)NC(c1ccccc1)c1cccc(-c2nn[nH]n2)c1. The van der Waals surface area contributed by atoms with Gasteiger partial charge in [-0.05, 0) is 43.2 Å². The first kappa shape index (κ1) is 15.4. The summed E-state index contributed by atoms with van der Waals surface area (Å²) < 4.78 is 0. The Morgan fingerprint density at radius 2 is 1.70 bits per heavy atom. The van der Waals surface area contributed by atoms with Crippen LogP contribution in [-0.2, 0) is 0 Å². The van der Waals surface area contributed by atoms with Crippen molar-refractivity contribution in [1.82, 2.24) is 25.9 Å². The molecular weight excluding hydrogens is 286 g/mol. The Morgan fingerprint density at radius 3 is 2.35 bits per heavy atom. The van der Waals surface area contributed by atoms with Crippen LogP contribution in [-0.4, -0.2) is 26.2 Å². The number of rotatable bonds is 4. The number of aromatic amines is 1. The highest BCUT2D eigenvalue weighted by Crippen LogP contribution is 2.27. The summed E-state index contributed by atoms with van der Waals surface area (Å²) in [7, 11) is 0. The van der Waals surface area contributed by atoms with E-state index in [1.165, 1.54) is 11.1 Å². The van der Waals surface area contributed by atoms with Gasteiger partial charge >= 0.3 is 0 Å². The second-order valence-corrected chi connectivity index (χ2v) is 6.60. The fourth-order valence-electron chi connectivity index (χ4n) is 2.58. The van der Waals surface area contributed by atoms with Crippen LogP contribution in [0.2, 0.25) is 0 Å². The van der Waals surface area contributed by atoms with Gasteiger partial charge in [0.05, 0.1) is 6.04 Å². The van der Waals surface area contributed by atoms with Crippen LogP contribution < -0.4 is 5.32 Å². The lowest BCUT2D eigenvalue weighted by Crippen LogP contribution is -2.39. The van der Waals surface area contributed by atoms with E-state index in [9.17, 15) is 0 Å². The minimum atomic E-state index is -0.0113. The summed E-state index contributed by atoms with van der Waals surface area (Å²) in [5, 5.41) is 18.0. The zero-order valence-corrected chi connectivity index (χ0v) is 13.6. The van der Waals surface area contributed by atoms with Crippen LogP contribution in [0.15, 0.2) is 54.6 Å². The summed E-state index contributed by atoms with van der Waals surface area (Å²) in [4.78, 5) is 0. The van der Waals surface area contributed by atoms with Gasteiger partial charge in [0.25, 0.3) is 0 Å². The molecule has 0 fully saturated rings. The number of benzene rings is 2. The Bertz CT molecular complexity index is 745. The molecule has 0 bridgehead atoms. The molecule has 118 valence electrons. The van der Waals surface area contributed by atoms with Crippen molar-refractivity contribution in [3.05, 3.63) is 65.7 Å². The van der Waals surface area contributed by atoms with E-state index in [0.717, 1.165) is 5.56 Å². The van der Waals surface area contributed by atoms with Gasteiger partial charge in [0.2, 0.25) is 5.82 Å². The van der Waals surface area contributed by atoms with Crippen molar-refractivity contribution in [3.8, 4) is 11.4 Å². The summed E-state index contributed by atoms with van der Waals surface area (Å²) in [5.41, 5.74) is 3.34. The lowest BCUT2D eigenvalue weighted by atomic mass is 9.94. The fraction of sp³-hybridized carbons (Fsp3) is 0.278. The van der Waals surface area contributed by atoms with Gasteiger partial charge in [-0.25, -0.2) is 0 Å². The van der Waals surface area contributed by atoms with E-state index in [4.69, 9.17) is 0 Å². The second kappa shape index (κ2) is 6.30. The third kappa shape index (κ3) is 3.81. The zero-order chi connectivity index (χ0) is 16.3. The molecule has 1 unspecified atom stereocenters. The summed E-state index contributed by atoms with van der Waals surface area (Å²) >= 11 is 0. The second-order valence-electron chi connectivity index (χ2n) is 6.60. The molecule has 5 heteroatoms. The molecule has 5 nitrogen and oxygen atoms in total. The van der Waals surface area contributed by atoms with Crippen LogP contribution in [0.4, 0.5) is 0 Å². The quantitative estimate of drug-likeness (QED) is 0.776. The molecule has 3 aromatic rings. The van der Waals surface area contributed by atoms with E-state index in [-0.39, 0.29) is 11.6 Å². The molecule has 1 heterocycles. The first-order valence-corrected chi connectivity index (χ1v) is 7.69. The number of tetrazole rings is 1. The number of hydrogen-bond donors (Lipinski definition) is 2. The Morgan fingerprint density at radius 1 is 0.957 bits per heavy atom. The van der Waals surface area contributed by atoms with Crippen molar-refractivity contribution in [2.45, 2.75) is 32.4 Å². The lowest BCUT2D eigenvalue weighted by molar-refractivity contribution is 0.391. The van der Waals surface area contributed by atoms with Crippen molar-refractivity contribution in [3.63, 3.8) is 0 Å². The Kier molecular flexibility index (Phi) is 4.21. The number of nitrogens with zero attached hydrogens (tertiary/aromatic N) is 3. The van der Waals surface area contributed by atoms with Gasteiger partial charge < -0.3 is 5.32 Å². The first-order valence-electron chi connectivity index (χ1n) is 7.69. The van der Waals surface area contributed by atoms with Crippen LogP contribution in [0, 0.1) is 0 Å². The van der Waals surface area contributed by atoms with Gasteiger partial charge in [-0.1, -0.05) is 48.5 Å². The van der Waals surface area contributed by atoms with Crippen LogP contribution >= 0.6 is 0 Å². The Hall–Kier alpha value is -2.53. The topological polar surface area (TPSA) is 66.5 Å². The van der Waals surface area contributed by atoms with E-state index >= 15 is 0 Å². The largest absolute Gasteiger partial charge is 0.302 e. The maximum atomic E-state index is 4.07. The van der Waals surface area contributed by atoms with Crippen molar-refractivity contribution in [2.75, 3.05) is 0 Å². The Labute approximate surface area is 136 Å². The van der Waals surface area contributed by atoms with E-state index in [0.29, 0.717) is 5.82 Å². The third-order valence-electron chi connectivity index (χ3n) is 3.53. The molecule has 2 N–H and O–H groups in total. The molecule has 0 amide bonds. The van der Waals surface area contributed by atoms with Crippen molar-refractivity contribution >= 4 is 0 Å². The summed E-state index contributed by atoms with van der Waals surface area (Å²) in [5.74, 6) is 0.606. The molecule has 3 rings (SSSR count). The van der Waals surface area contributed by atoms with Crippen LogP contribution in [0.1, 0.15) is 37.9 Å². The van der Waals surface area contributed by atoms with E-state index in [1.807, 2.05) is 18.2 Å². The predicted molar refractivity (Wildman–Crippen MR) is 90.8 cm³/mol. The van der Waals surface area contributed by atoms with E-state index < -0.39 is 0 Å². The van der Waals surface area contributed by atoms with Gasteiger partial charge in [0.1, 0.15) is 0 Å². The fourth-order valence-corrected chi connectivity index (χ4v) is 2.58. The molecule has 0 radical (unpaired) electrons. The zero-order valence-electron chi connectivity index (χ0n) is 13.6. The van der Waals surface area contributed by atoms with Gasteiger partial charge in [-0.3, -0.25) is 0 Å². The van der Waals surface area contributed by atoms with Gasteiger partial charge in [0, 0.05) is 11.1 Å². The summed E-state index contributed by atoms with van der Waals surface area (Å²) in [6.45, 7) is 6.52. The molecule has 0 aliphatic carbocycles. The molecule has 1 aromatic heterocycles. The minimum Gasteiger partial charge on any atom is -0.302 e. The smallest absolute Gasteiger partial charge is 0.204 e. The van der Waals surface area contributed by atoms with Crippen molar-refractivity contribution in [2.24, 2.45) is 0 Å². The highest BCUT2D eigenvalue weighted by Gasteiger charge is 2.21. The van der Waals surface area contributed by atoms with Crippen LogP contribution in [0.25, 0.3) is 11.4 Å². The van der Waals surface area contributed by atoms with Gasteiger partial charge in [0.15, 0.2) is 0 Å². The number of aromatic nitrogens is 4. The first-order chi connectivity index (χ1) is 11.0. The maximum absolute atomic E-state index is 4.07. The molecule has 2 aromatic carbocycles. The Balaban J connectivity index is 2.01. The number of H-pyrrole nitrogens is 1. The highest BCUT2D eigenvalue weighted by molar-refractivity contribution is 5.56. The van der Waals surface area contributed by atoms with Crippen LogP contribution in [0.3, 0.4) is 0 Å². The highest BCUT2D eigenvalue weighted by atomic mass is 15.5. The molecular formula is C18H21N5. The van der Waals surface area contributed by atoms with E-state index in [1.54, 1.807) is 0 Å².